The van der Waals surface area contributed by atoms with E-state index in [1.54, 1.807) is 6.26 Å². The van der Waals surface area contributed by atoms with Crippen LogP contribution in [0.4, 0.5) is 0 Å². The van der Waals surface area contributed by atoms with Crippen LogP contribution in [0.2, 0.25) is 5.02 Å². The van der Waals surface area contributed by atoms with E-state index in [9.17, 15) is 0 Å². The largest absolute Gasteiger partial charge is 0.469 e. The van der Waals surface area contributed by atoms with E-state index < -0.39 is 0 Å². The van der Waals surface area contributed by atoms with Gasteiger partial charge in [-0.05, 0) is 44.0 Å². The van der Waals surface area contributed by atoms with E-state index in [-0.39, 0.29) is 0 Å². The summed E-state index contributed by atoms with van der Waals surface area (Å²) in [5.41, 5.74) is 1.19. The Hall–Kier alpha value is -1.25. The predicted molar refractivity (Wildman–Crippen MR) is 79.6 cm³/mol. The zero-order valence-corrected chi connectivity index (χ0v) is 12.2. The molecule has 2 atom stereocenters. The van der Waals surface area contributed by atoms with E-state index in [4.69, 9.17) is 16.0 Å². The first-order valence-corrected chi connectivity index (χ1v) is 7.05. The highest BCUT2D eigenvalue weighted by Gasteiger charge is 2.11. The van der Waals surface area contributed by atoms with Crippen LogP contribution in [0.25, 0.3) is 0 Å². The Balaban J connectivity index is 1.84. The van der Waals surface area contributed by atoms with Crippen LogP contribution in [0.3, 0.4) is 0 Å². The topological polar surface area (TPSA) is 25.2 Å². The van der Waals surface area contributed by atoms with Crippen molar-refractivity contribution in [2.45, 2.75) is 38.8 Å². The maximum atomic E-state index is 6.18. The summed E-state index contributed by atoms with van der Waals surface area (Å²) in [6, 6.07) is 12.7. The molecule has 0 aliphatic rings. The van der Waals surface area contributed by atoms with Gasteiger partial charge in [-0.25, -0.2) is 0 Å². The molecule has 2 rings (SSSR count). The Kier molecular flexibility index (Phi) is 5.06. The molecule has 0 saturated carbocycles. The third-order valence-electron chi connectivity index (χ3n) is 3.14. The summed E-state index contributed by atoms with van der Waals surface area (Å²) in [7, 11) is 0. The summed E-state index contributed by atoms with van der Waals surface area (Å²) in [5, 5.41) is 4.42. The molecule has 0 aliphatic carbocycles. The van der Waals surface area contributed by atoms with E-state index in [1.165, 1.54) is 5.56 Å². The Morgan fingerprint density at radius 1 is 1.05 bits per heavy atom. The first kappa shape index (κ1) is 14.2. The minimum Gasteiger partial charge on any atom is -0.469 e. The number of hydrogen-bond acceptors (Lipinski definition) is 2. The molecule has 0 saturated heterocycles. The van der Waals surface area contributed by atoms with Crippen molar-refractivity contribution in [3.63, 3.8) is 0 Å². The molecule has 2 nitrogen and oxygen atoms in total. The molecule has 2 unspecified atom stereocenters. The molecular weight excluding hydrogens is 258 g/mol. The molecule has 1 aromatic carbocycles. The molecule has 0 radical (unpaired) electrons. The number of nitrogens with one attached hydrogen (secondary N) is 1. The van der Waals surface area contributed by atoms with Gasteiger partial charge in [-0.1, -0.05) is 29.8 Å². The maximum Gasteiger partial charge on any atom is 0.105 e. The van der Waals surface area contributed by atoms with Gasteiger partial charge >= 0.3 is 0 Å². The zero-order valence-electron chi connectivity index (χ0n) is 11.4. The molecule has 1 heterocycles. The van der Waals surface area contributed by atoms with Crippen LogP contribution in [0.5, 0.6) is 0 Å². The lowest BCUT2D eigenvalue weighted by molar-refractivity contribution is 0.422. The molecule has 0 amide bonds. The highest BCUT2D eigenvalue weighted by atomic mass is 35.5. The summed E-state index contributed by atoms with van der Waals surface area (Å²) in [5.74, 6) is 1.02. The quantitative estimate of drug-likeness (QED) is 0.860. The Morgan fingerprint density at radius 2 is 1.79 bits per heavy atom. The first-order valence-electron chi connectivity index (χ1n) is 6.67. The van der Waals surface area contributed by atoms with Gasteiger partial charge in [0.25, 0.3) is 0 Å². The number of rotatable bonds is 6. The second-order valence-corrected chi connectivity index (χ2v) is 5.45. The van der Waals surface area contributed by atoms with E-state index in [0.29, 0.717) is 12.1 Å². The van der Waals surface area contributed by atoms with E-state index in [1.807, 2.05) is 30.3 Å². The smallest absolute Gasteiger partial charge is 0.105 e. The summed E-state index contributed by atoms with van der Waals surface area (Å²) in [6.07, 6.45) is 3.55. The molecule has 2 aromatic rings. The number of furan rings is 1. The monoisotopic (exact) mass is 277 g/mol. The van der Waals surface area contributed by atoms with E-state index in [0.717, 1.165) is 23.6 Å². The fourth-order valence-corrected chi connectivity index (χ4v) is 2.54. The van der Waals surface area contributed by atoms with Crippen molar-refractivity contribution in [1.29, 1.82) is 0 Å². The molecule has 0 fully saturated rings. The minimum atomic E-state index is 0.378. The number of halogens is 1. The molecule has 0 aliphatic heterocycles. The summed E-state index contributed by atoms with van der Waals surface area (Å²) >= 11 is 6.18. The average Bonchev–Trinajstić information content (AvgIpc) is 2.84. The van der Waals surface area contributed by atoms with Gasteiger partial charge in [0, 0.05) is 23.5 Å². The predicted octanol–water partition coefficient (Wildman–Crippen LogP) is 4.08. The molecule has 1 aromatic heterocycles. The van der Waals surface area contributed by atoms with Crippen LogP contribution in [-0.4, -0.2) is 12.1 Å². The Labute approximate surface area is 119 Å². The van der Waals surface area contributed by atoms with Crippen molar-refractivity contribution < 1.29 is 4.42 Å². The minimum absolute atomic E-state index is 0.378. The van der Waals surface area contributed by atoms with Crippen molar-refractivity contribution in [2.24, 2.45) is 0 Å². The zero-order chi connectivity index (χ0) is 13.7. The summed E-state index contributed by atoms with van der Waals surface area (Å²) < 4.78 is 5.36. The van der Waals surface area contributed by atoms with E-state index >= 15 is 0 Å². The highest BCUT2D eigenvalue weighted by Crippen LogP contribution is 2.17. The number of hydrogen-bond donors (Lipinski definition) is 1. The third kappa shape index (κ3) is 4.41. The van der Waals surface area contributed by atoms with Crippen molar-refractivity contribution in [3.05, 3.63) is 59.0 Å². The van der Waals surface area contributed by atoms with Gasteiger partial charge in [-0.15, -0.1) is 0 Å². The Bertz CT molecular complexity index is 495. The molecular formula is C16H20ClNO. The molecule has 102 valence electrons. The SMILES string of the molecule is CC(Cc1ccco1)NC(C)Cc1ccccc1Cl. The van der Waals surface area contributed by atoms with Crippen LogP contribution in [0.15, 0.2) is 47.1 Å². The van der Waals surface area contributed by atoms with E-state index in [2.05, 4.69) is 25.2 Å². The van der Waals surface area contributed by atoms with Gasteiger partial charge in [-0.3, -0.25) is 0 Å². The van der Waals surface area contributed by atoms with Gasteiger partial charge in [0.1, 0.15) is 5.76 Å². The second kappa shape index (κ2) is 6.78. The van der Waals surface area contributed by atoms with Crippen LogP contribution in [0.1, 0.15) is 25.2 Å². The van der Waals surface area contributed by atoms with Gasteiger partial charge in [-0.2, -0.15) is 0 Å². The van der Waals surface area contributed by atoms with Gasteiger partial charge in [0.05, 0.1) is 6.26 Å². The first-order chi connectivity index (χ1) is 9.15. The molecule has 19 heavy (non-hydrogen) atoms. The third-order valence-corrected chi connectivity index (χ3v) is 3.51. The Morgan fingerprint density at radius 3 is 2.47 bits per heavy atom. The fourth-order valence-electron chi connectivity index (χ4n) is 2.33. The molecule has 0 bridgehead atoms. The average molecular weight is 278 g/mol. The van der Waals surface area contributed by atoms with Gasteiger partial charge in [0.2, 0.25) is 0 Å². The second-order valence-electron chi connectivity index (χ2n) is 5.05. The van der Waals surface area contributed by atoms with Crippen molar-refractivity contribution >= 4 is 11.6 Å². The molecule has 1 N–H and O–H groups in total. The van der Waals surface area contributed by atoms with Crippen LogP contribution < -0.4 is 5.32 Å². The standard InChI is InChI=1S/C16H20ClNO/c1-12(10-14-6-3-4-8-16(14)17)18-13(2)11-15-7-5-9-19-15/h3-9,12-13,18H,10-11H2,1-2H3. The van der Waals surface area contributed by atoms with Crippen LogP contribution >= 0.6 is 11.6 Å². The fraction of sp³-hybridized carbons (Fsp3) is 0.375. The van der Waals surface area contributed by atoms with Crippen LogP contribution in [-0.2, 0) is 12.8 Å². The van der Waals surface area contributed by atoms with Crippen molar-refractivity contribution in [1.82, 2.24) is 5.32 Å². The lowest BCUT2D eigenvalue weighted by Crippen LogP contribution is -2.37. The molecule has 3 heteroatoms. The number of benzene rings is 1. The maximum absolute atomic E-state index is 6.18. The summed E-state index contributed by atoms with van der Waals surface area (Å²) in [6.45, 7) is 4.35. The van der Waals surface area contributed by atoms with Crippen molar-refractivity contribution in [2.75, 3.05) is 0 Å². The van der Waals surface area contributed by atoms with Gasteiger partial charge < -0.3 is 9.73 Å². The van der Waals surface area contributed by atoms with Gasteiger partial charge in [0.15, 0.2) is 0 Å². The summed E-state index contributed by atoms with van der Waals surface area (Å²) in [4.78, 5) is 0. The normalized spacial score (nSPS) is 14.3. The lowest BCUT2D eigenvalue weighted by Gasteiger charge is -2.19. The lowest BCUT2D eigenvalue weighted by atomic mass is 10.1. The molecule has 0 spiro atoms. The highest BCUT2D eigenvalue weighted by molar-refractivity contribution is 6.31. The van der Waals surface area contributed by atoms with Crippen LogP contribution in [0, 0.1) is 0 Å². The van der Waals surface area contributed by atoms with Crippen molar-refractivity contribution in [3.8, 4) is 0 Å².